The van der Waals surface area contributed by atoms with Crippen LogP contribution in [0.2, 0.25) is 0 Å². The van der Waals surface area contributed by atoms with Crippen LogP contribution in [0.1, 0.15) is 12.8 Å². The van der Waals surface area contributed by atoms with E-state index < -0.39 is 0 Å². The molecule has 0 atom stereocenters. The summed E-state index contributed by atoms with van der Waals surface area (Å²) in [7, 11) is 1.64. The van der Waals surface area contributed by atoms with Gasteiger partial charge in [-0.2, -0.15) is 11.8 Å². The van der Waals surface area contributed by atoms with E-state index in [-0.39, 0.29) is 0 Å². The minimum Gasteiger partial charge on any atom is -0.497 e. The number of thioether (sulfide) groups is 1. The molecule has 0 aliphatic carbocycles. The highest BCUT2D eigenvalue weighted by Gasteiger charge is 1.99. The lowest BCUT2D eigenvalue weighted by Crippen LogP contribution is -2.04. The first-order valence-corrected chi connectivity index (χ1v) is 6.83. The van der Waals surface area contributed by atoms with Gasteiger partial charge in [0.05, 0.1) is 18.5 Å². The van der Waals surface area contributed by atoms with Crippen LogP contribution in [0, 0.1) is 0 Å². The second-order valence-electron chi connectivity index (χ2n) is 3.58. The van der Waals surface area contributed by atoms with Gasteiger partial charge in [0, 0.05) is 12.6 Å². The van der Waals surface area contributed by atoms with Crippen molar-refractivity contribution < 1.29 is 4.74 Å². The predicted molar refractivity (Wildman–Crippen MR) is 73.5 cm³/mol. The Morgan fingerprint density at radius 1 is 1.38 bits per heavy atom. The molecule has 1 aromatic rings. The number of ether oxygens (including phenoxy) is 1. The van der Waals surface area contributed by atoms with Crippen molar-refractivity contribution in [2.45, 2.75) is 12.8 Å². The molecule has 90 valence electrons. The summed E-state index contributed by atoms with van der Waals surface area (Å²) >= 11 is 1.89. The van der Waals surface area contributed by atoms with Crippen LogP contribution in [0.25, 0.3) is 0 Å². The molecule has 0 heterocycles. The van der Waals surface area contributed by atoms with Crippen molar-refractivity contribution in [2.75, 3.05) is 36.7 Å². The summed E-state index contributed by atoms with van der Waals surface area (Å²) < 4.78 is 5.10. The Morgan fingerprint density at radius 3 is 2.81 bits per heavy atom. The van der Waals surface area contributed by atoms with Gasteiger partial charge < -0.3 is 15.8 Å². The van der Waals surface area contributed by atoms with Crippen LogP contribution in [0.15, 0.2) is 18.2 Å². The molecule has 1 rings (SSSR count). The van der Waals surface area contributed by atoms with Crippen molar-refractivity contribution in [1.82, 2.24) is 0 Å². The molecule has 0 saturated heterocycles. The van der Waals surface area contributed by atoms with Crippen LogP contribution in [-0.4, -0.2) is 25.7 Å². The molecular formula is C12H20N2OS. The lowest BCUT2D eigenvalue weighted by molar-refractivity contribution is 0.415. The first-order valence-electron chi connectivity index (χ1n) is 5.44. The van der Waals surface area contributed by atoms with E-state index in [1.807, 2.05) is 30.0 Å². The Hall–Kier alpha value is -1.03. The van der Waals surface area contributed by atoms with E-state index in [1.54, 1.807) is 7.11 Å². The molecule has 0 spiro atoms. The Kier molecular flexibility index (Phi) is 5.93. The van der Waals surface area contributed by atoms with Crippen LogP contribution in [0.4, 0.5) is 11.4 Å². The number of nitrogens with two attached hydrogens (primary N) is 1. The summed E-state index contributed by atoms with van der Waals surface area (Å²) in [5, 5.41) is 3.33. The number of nitrogen functional groups attached to an aromatic ring is 1. The third kappa shape index (κ3) is 4.23. The number of rotatable bonds is 7. The van der Waals surface area contributed by atoms with Gasteiger partial charge in [0.1, 0.15) is 5.75 Å². The van der Waals surface area contributed by atoms with Crippen molar-refractivity contribution in [3.05, 3.63) is 18.2 Å². The van der Waals surface area contributed by atoms with Gasteiger partial charge in [-0.15, -0.1) is 0 Å². The van der Waals surface area contributed by atoms with Gasteiger partial charge in [-0.1, -0.05) is 0 Å². The van der Waals surface area contributed by atoms with Gasteiger partial charge in [0.25, 0.3) is 0 Å². The first-order chi connectivity index (χ1) is 7.77. The van der Waals surface area contributed by atoms with Crippen LogP contribution < -0.4 is 15.8 Å². The Bertz CT molecular complexity index is 318. The van der Waals surface area contributed by atoms with E-state index in [0.29, 0.717) is 0 Å². The third-order valence-electron chi connectivity index (χ3n) is 2.35. The molecule has 0 amide bonds. The smallest absolute Gasteiger partial charge is 0.121 e. The maximum Gasteiger partial charge on any atom is 0.121 e. The number of benzene rings is 1. The topological polar surface area (TPSA) is 47.3 Å². The lowest BCUT2D eigenvalue weighted by atomic mass is 10.2. The van der Waals surface area contributed by atoms with Gasteiger partial charge in [-0.05, 0) is 37.0 Å². The fourth-order valence-corrected chi connectivity index (χ4v) is 1.92. The third-order valence-corrected chi connectivity index (χ3v) is 3.05. The standard InChI is InChI=1S/C12H20N2OS/c1-15-10-5-6-12(11(13)9-10)14-7-3-4-8-16-2/h5-6,9,14H,3-4,7-8,13H2,1-2H3. The summed E-state index contributed by atoms with van der Waals surface area (Å²) in [4.78, 5) is 0. The molecule has 1 aromatic carbocycles. The van der Waals surface area contributed by atoms with Gasteiger partial charge in [0.2, 0.25) is 0 Å². The van der Waals surface area contributed by atoms with Crippen LogP contribution in [0.3, 0.4) is 0 Å². The first kappa shape index (κ1) is 13.0. The zero-order valence-electron chi connectivity index (χ0n) is 9.95. The largest absolute Gasteiger partial charge is 0.497 e. The summed E-state index contributed by atoms with van der Waals surface area (Å²) in [6.45, 7) is 0.969. The molecule has 16 heavy (non-hydrogen) atoms. The van der Waals surface area contributed by atoms with Crippen molar-refractivity contribution in [3.8, 4) is 5.75 Å². The van der Waals surface area contributed by atoms with E-state index in [9.17, 15) is 0 Å². The fraction of sp³-hybridized carbons (Fsp3) is 0.500. The number of nitrogens with one attached hydrogen (secondary N) is 1. The molecule has 3 N–H and O–H groups in total. The second-order valence-corrected chi connectivity index (χ2v) is 4.57. The highest BCUT2D eigenvalue weighted by atomic mass is 32.2. The van der Waals surface area contributed by atoms with Gasteiger partial charge in [0.15, 0.2) is 0 Å². The summed E-state index contributed by atoms with van der Waals surface area (Å²) in [5.74, 6) is 2.02. The Balaban J connectivity index is 2.36. The summed E-state index contributed by atoms with van der Waals surface area (Å²) in [6.07, 6.45) is 4.55. The van der Waals surface area contributed by atoms with E-state index in [4.69, 9.17) is 10.5 Å². The fourth-order valence-electron chi connectivity index (χ4n) is 1.42. The van der Waals surface area contributed by atoms with Crippen molar-refractivity contribution in [1.29, 1.82) is 0 Å². The second kappa shape index (κ2) is 7.28. The molecule has 3 nitrogen and oxygen atoms in total. The van der Waals surface area contributed by atoms with Gasteiger partial charge in [-0.3, -0.25) is 0 Å². The average molecular weight is 240 g/mol. The van der Waals surface area contributed by atoms with Crippen LogP contribution in [-0.2, 0) is 0 Å². The van der Waals surface area contributed by atoms with Crippen LogP contribution in [0.5, 0.6) is 5.75 Å². The zero-order valence-corrected chi connectivity index (χ0v) is 10.8. The molecule has 0 unspecified atom stereocenters. The molecule has 0 saturated carbocycles. The maximum atomic E-state index is 5.89. The maximum absolute atomic E-state index is 5.89. The number of hydrogen-bond donors (Lipinski definition) is 2. The van der Waals surface area contributed by atoms with Crippen LogP contribution >= 0.6 is 11.8 Å². The number of unbranched alkanes of at least 4 members (excludes halogenated alkanes) is 1. The lowest BCUT2D eigenvalue weighted by Gasteiger charge is -2.10. The minimum atomic E-state index is 0.740. The molecule has 0 aromatic heterocycles. The van der Waals surface area contributed by atoms with Crippen molar-refractivity contribution >= 4 is 23.1 Å². The number of hydrogen-bond acceptors (Lipinski definition) is 4. The zero-order chi connectivity index (χ0) is 11.8. The van der Waals surface area contributed by atoms with E-state index in [1.165, 1.54) is 18.6 Å². The van der Waals surface area contributed by atoms with Gasteiger partial charge in [-0.25, -0.2) is 0 Å². The molecule has 0 aliphatic heterocycles. The monoisotopic (exact) mass is 240 g/mol. The SMILES string of the molecule is COc1ccc(NCCCCSC)c(N)c1. The van der Waals surface area contributed by atoms with E-state index in [2.05, 4.69) is 11.6 Å². The summed E-state index contributed by atoms with van der Waals surface area (Å²) in [5.41, 5.74) is 7.62. The molecule has 0 bridgehead atoms. The molecule has 0 aliphatic rings. The minimum absolute atomic E-state index is 0.740. The average Bonchev–Trinajstić information content (AvgIpc) is 2.30. The number of anilines is 2. The van der Waals surface area contributed by atoms with Crippen molar-refractivity contribution in [3.63, 3.8) is 0 Å². The number of methoxy groups -OCH3 is 1. The Morgan fingerprint density at radius 2 is 2.19 bits per heavy atom. The normalized spacial score (nSPS) is 10.1. The predicted octanol–water partition coefficient (Wildman–Crippen LogP) is 2.83. The molecular weight excluding hydrogens is 220 g/mol. The summed E-state index contributed by atoms with van der Waals surface area (Å²) in [6, 6.07) is 5.72. The van der Waals surface area contributed by atoms with Crippen molar-refractivity contribution in [2.24, 2.45) is 0 Å². The molecule has 0 fully saturated rings. The molecule has 0 radical (unpaired) electrons. The highest BCUT2D eigenvalue weighted by molar-refractivity contribution is 7.98. The quantitative estimate of drug-likeness (QED) is 0.568. The van der Waals surface area contributed by atoms with Gasteiger partial charge >= 0.3 is 0 Å². The Labute approximate surface area is 102 Å². The van der Waals surface area contributed by atoms with E-state index >= 15 is 0 Å². The molecule has 4 heteroatoms. The van der Waals surface area contributed by atoms with E-state index in [0.717, 1.165) is 23.7 Å². The highest BCUT2D eigenvalue weighted by Crippen LogP contribution is 2.23.